The molecule has 0 fully saturated rings. The summed E-state index contributed by atoms with van der Waals surface area (Å²) < 4.78 is 1.38. The molecule has 98 valence electrons. The van der Waals surface area contributed by atoms with E-state index in [1.165, 1.54) is 23.1 Å². The molecule has 1 heterocycles. The minimum atomic E-state index is -1.11. The average molecular weight is 281 g/mol. The van der Waals surface area contributed by atoms with Gasteiger partial charge in [-0.3, -0.25) is 0 Å². The summed E-state index contributed by atoms with van der Waals surface area (Å²) in [5.41, 5.74) is 6.30. The first-order valence-electron chi connectivity index (χ1n) is 5.11. The van der Waals surface area contributed by atoms with Gasteiger partial charge in [-0.1, -0.05) is 0 Å². The van der Waals surface area contributed by atoms with Crippen molar-refractivity contribution in [2.45, 2.75) is 0 Å². The lowest BCUT2D eigenvalue weighted by molar-refractivity contribution is 0.0698. The summed E-state index contributed by atoms with van der Waals surface area (Å²) in [4.78, 5) is 15.1. The van der Waals surface area contributed by atoms with E-state index in [0.29, 0.717) is 5.69 Å². The predicted octanol–water partition coefficient (Wildman–Crippen LogP) is 0.588. The Balaban J connectivity index is 2.53. The highest BCUT2D eigenvalue weighted by Crippen LogP contribution is 2.23. The van der Waals surface area contributed by atoms with E-state index in [-0.39, 0.29) is 23.0 Å². The van der Waals surface area contributed by atoms with E-state index in [4.69, 9.17) is 22.4 Å². The SMILES string of the molecule is NC(CCl)=Nc1cc(-n2cnnn2)ccc1C(=O)O. The van der Waals surface area contributed by atoms with Gasteiger partial charge in [-0.2, -0.15) is 0 Å². The van der Waals surface area contributed by atoms with Gasteiger partial charge in [0.25, 0.3) is 0 Å². The zero-order valence-electron chi connectivity index (χ0n) is 9.56. The minimum absolute atomic E-state index is 0.00810. The molecule has 0 spiro atoms. The van der Waals surface area contributed by atoms with Crippen LogP contribution in [0.4, 0.5) is 5.69 Å². The van der Waals surface area contributed by atoms with E-state index < -0.39 is 5.97 Å². The molecule has 1 aromatic carbocycles. The lowest BCUT2D eigenvalue weighted by Crippen LogP contribution is -2.13. The van der Waals surface area contributed by atoms with E-state index >= 15 is 0 Å². The number of aromatic nitrogens is 4. The van der Waals surface area contributed by atoms with Crippen molar-refractivity contribution in [1.82, 2.24) is 20.2 Å². The van der Waals surface area contributed by atoms with E-state index in [1.807, 2.05) is 0 Å². The minimum Gasteiger partial charge on any atom is -0.478 e. The molecule has 2 aromatic rings. The number of carboxylic acid groups (broad SMARTS) is 1. The van der Waals surface area contributed by atoms with Crippen LogP contribution in [0.15, 0.2) is 29.5 Å². The van der Waals surface area contributed by atoms with Gasteiger partial charge < -0.3 is 10.8 Å². The maximum Gasteiger partial charge on any atom is 0.337 e. The number of carbonyl (C=O) groups is 1. The molecule has 0 aliphatic rings. The molecule has 2 rings (SSSR count). The zero-order chi connectivity index (χ0) is 13.8. The maximum absolute atomic E-state index is 11.1. The van der Waals surface area contributed by atoms with Crippen molar-refractivity contribution in [2.24, 2.45) is 10.7 Å². The number of nitrogens with two attached hydrogens (primary N) is 1. The molecule has 0 saturated carbocycles. The molecule has 0 amide bonds. The normalized spacial score (nSPS) is 11.5. The fraction of sp³-hybridized carbons (Fsp3) is 0.100. The van der Waals surface area contributed by atoms with Crippen molar-refractivity contribution in [2.75, 3.05) is 5.88 Å². The Bertz CT molecular complexity index is 625. The van der Waals surface area contributed by atoms with Crippen LogP contribution in [0.3, 0.4) is 0 Å². The largest absolute Gasteiger partial charge is 0.478 e. The van der Waals surface area contributed by atoms with Crippen molar-refractivity contribution in [1.29, 1.82) is 0 Å². The van der Waals surface area contributed by atoms with Gasteiger partial charge in [0.05, 0.1) is 22.8 Å². The maximum atomic E-state index is 11.1. The van der Waals surface area contributed by atoms with Gasteiger partial charge in [0.2, 0.25) is 0 Å². The standard InChI is InChI=1S/C10H9ClN6O2/c11-4-9(12)14-8-3-6(17-5-13-15-16-17)1-2-7(8)10(18)19/h1-3,5H,4H2,(H2,12,14)(H,18,19). The monoisotopic (exact) mass is 280 g/mol. The van der Waals surface area contributed by atoms with Gasteiger partial charge in [0.1, 0.15) is 12.2 Å². The number of alkyl halides is 1. The lowest BCUT2D eigenvalue weighted by Gasteiger charge is -2.05. The predicted molar refractivity (Wildman–Crippen MR) is 68.1 cm³/mol. The summed E-state index contributed by atoms with van der Waals surface area (Å²) in [6.45, 7) is 0. The van der Waals surface area contributed by atoms with Crippen LogP contribution in [-0.4, -0.2) is 43.0 Å². The molecule has 0 radical (unpaired) electrons. The molecule has 0 bridgehead atoms. The topological polar surface area (TPSA) is 119 Å². The van der Waals surface area contributed by atoms with Gasteiger partial charge in [0, 0.05) is 0 Å². The van der Waals surface area contributed by atoms with Gasteiger partial charge in [-0.25, -0.2) is 14.5 Å². The van der Waals surface area contributed by atoms with Crippen LogP contribution >= 0.6 is 11.6 Å². The molecule has 0 aliphatic heterocycles. The Hall–Kier alpha value is -2.48. The number of carboxylic acids is 1. The third kappa shape index (κ3) is 2.86. The zero-order valence-corrected chi connectivity index (χ0v) is 10.3. The quantitative estimate of drug-likeness (QED) is 0.480. The van der Waals surface area contributed by atoms with E-state index in [0.717, 1.165) is 0 Å². The van der Waals surface area contributed by atoms with Crippen LogP contribution in [0, 0.1) is 0 Å². The van der Waals surface area contributed by atoms with Gasteiger partial charge in [-0.05, 0) is 28.6 Å². The Morgan fingerprint density at radius 3 is 2.89 bits per heavy atom. The Kier molecular flexibility index (Phi) is 3.71. The van der Waals surface area contributed by atoms with Crippen molar-refractivity contribution in [3.63, 3.8) is 0 Å². The first kappa shape index (κ1) is 13.0. The van der Waals surface area contributed by atoms with Crippen LogP contribution in [-0.2, 0) is 0 Å². The third-order valence-corrected chi connectivity index (χ3v) is 2.50. The van der Waals surface area contributed by atoms with Gasteiger partial charge in [-0.15, -0.1) is 16.7 Å². The molecule has 8 nitrogen and oxygen atoms in total. The molecule has 0 unspecified atom stereocenters. The van der Waals surface area contributed by atoms with Crippen molar-refractivity contribution in [3.05, 3.63) is 30.1 Å². The number of rotatable bonds is 4. The summed E-state index contributed by atoms with van der Waals surface area (Å²) in [7, 11) is 0. The van der Waals surface area contributed by atoms with Crippen molar-refractivity contribution >= 4 is 29.1 Å². The second-order valence-electron chi connectivity index (χ2n) is 3.50. The number of hydrogen-bond donors (Lipinski definition) is 2. The number of nitrogens with zero attached hydrogens (tertiary/aromatic N) is 5. The summed E-state index contributed by atoms with van der Waals surface area (Å²) >= 11 is 5.53. The van der Waals surface area contributed by atoms with Crippen LogP contribution in [0.2, 0.25) is 0 Å². The molecular formula is C10H9ClN6O2. The summed E-state index contributed by atoms with van der Waals surface area (Å²) in [6.07, 6.45) is 1.38. The number of aromatic carboxylic acids is 1. The highest BCUT2D eigenvalue weighted by atomic mass is 35.5. The average Bonchev–Trinajstić information content (AvgIpc) is 2.92. The molecule has 0 aliphatic carbocycles. The molecule has 0 atom stereocenters. The van der Waals surface area contributed by atoms with Crippen LogP contribution in [0.5, 0.6) is 0 Å². The number of amidine groups is 1. The third-order valence-electron chi connectivity index (χ3n) is 2.23. The van der Waals surface area contributed by atoms with Gasteiger partial charge >= 0.3 is 5.97 Å². The fourth-order valence-corrected chi connectivity index (χ4v) is 1.46. The highest BCUT2D eigenvalue weighted by molar-refractivity contribution is 6.28. The number of tetrazole rings is 1. The number of aliphatic imine (C=N–C) groups is 1. The molecule has 1 aromatic heterocycles. The second kappa shape index (κ2) is 5.44. The molecule has 9 heteroatoms. The first-order valence-corrected chi connectivity index (χ1v) is 5.65. The van der Waals surface area contributed by atoms with E-state index in [9.17, 15) is 4.79 Å². The number of benzene rings is 1. The molecule has 0 saturated heterocycles. The fourth-order valence-electron chi connectivity index (χ4n) is 1.40. The van der Waals surface area contributed by atoms with E-state index in [2.05, 4.69) is 20.5 Å². The molecular weight excluding hydrogens is 272 g/mol. The summed E-state index contributed by atoms with van der Waals surface area (Å²) in [5.74, 6) is -0.976. The highest BCUT2D eigenvalue weighted by Gasteiger charge is 2.12. The Morgan fingerprint density at radius 1 is 1.53 bits per heavy atom. The molecule has 3 N–H and O–H groups in total. The number of hydrogen-bond acceptors (Lipinski definition) is 5. The van der Waals surface area contributed by atoms with E-state index in [1.54, 1.807) is 6.07 Å². The summed E-state index contributed by atoms with van der Waals surface area (Å²) in [6, 6.07) is 4.48. The van der Waals surface area contributed by atoms with Crippen LogP contribution in [0.1, 0.15) is 10.4 Å². The van der Waals surface area contributed by atoms with Crippen molar-refractivity contribution < 1.29 is 9.90 Å². The van der Waals surface area contributed by atoms with Crippen LogP contribution < -0.4 is 5.73 Å². The first-order chi connectivity index (χ1) is 9.11. The van der Waals surface area contributed by atoms with Crippen molar-refractivity contribution in [3.8, 4) is 5.69 Å². The Morgan fingerprint density at radius 2 is 2.32 bits per heavy atom. The number of halogens is 1. The summed E-state index contributed by atoms with van der Waals surface area (Å²) in [5, 5.41) is 19.8. The smallest absolute Gasteiger partial charge is 0.337 e. The van der Waals surface area contributed by atoms with Crippen LogP contribution in [0.25, 0.3) is 5.69 Å². The second-order valence-corrected chi connectivity index (χ2v) is 3.77. The lowest BCUT2D eigenvalue weighted by atomic mass is 10.1. The molecule has 19 heavy (non-hydrogen) atoms. The Labute approximate surface area is 112 Å². The van der Waals surface area contributed by atoms with Gasteiger partial charge in [0.15, 0.2) is 0 Å².